The Kier molecular flexibility index (Phi) is 4.44. The molecule has 0 amide bonds. The lowest BCUT2D eigenvalue weighted by molar-refractivity contribution is 0.866. The molecule has 27 heavy (non-hydrogen) atoms. The molecule has 0 saturated carbocycles. The third kappa shape index (κ3) is 3.33. The van der Waals surface area contributed by atoms with Crippen LogP contribution in [0.15, 0.2) is 66.7 Å². The van der Waals surface area contributed by atoms with E-state index in [1.54, 1.807) is 0 Å². The normalized spacial score (nSPS) is 11.1. The van der Waals surface area contributed by atoms with Crippen molar-refractivity contribution in [2.24, 2.45) is 0 Å². The summed E-state index contributed by atoms with van der Waals surface area (Å²) in [5.74, 6) is 1.96. The molecular formula is C24H25N3. The van der Waals surface area contributed by atoms with Crippen molar-refractivity contribution < 1.29 is 0 Å². The zero-order chi connectivity index (χ0) is 19.0. The minimum atomic E-state index is 0.891. The summed E-state index contributed by atoms with van der Waals surface area (Å²) in [6.07, 6.45) is 0.891. The first-order chi connectivity index (χ1) is 13.0. The van der Waals surface area contributed by atoms with Gasteiger partial charge in [0.1, 0.15) is 11.6 Å². The minimum absolute atomic E-state index is 0.891. The Labute approximate surface area is 160 Å². The molecule has 0 atom stereocenters. The third-order valence-electron chi connectivity index (χ3n) is 5.11. The lowest BCUT2D eigenvalue weighted by Gasteiger charge is -2.15. The number of aromatic nitrogens is 3. The maximum Gasteiger partial charge on any atom is 0.139 e. The van der Waals surface area contributed by atoms with Gasteiger partial charge in [-0.1, -0.05) is 30.3 Å². The monoisotopic (exact) mass is 355 g/mol. The zero-order valence-electron chi connectivity index (χ0n) is 16.4. The average molecular weight is 355 g/mol. The van der Waals surface area contributed by atoms with Crippen LogP contribution in [-0.2, 0) is 6.42 Å². The standard InChI is InChI=1S/C24H25N3/c1-17-10-11-18(2)26(17)23-15-22(14-21-8-6-5-7-9-21)16-24(25-23)27-19(3)12-13-20(27)4/h5-13,15-16H,14H2,1-4H3. The largest absolute Gasteiger partial charge is 0.303 e. The van der Waals surface area contributed by atoms with E-state index in [1.165, 1.54) is 33.9 Å². The molecule has 3 heterocycles. The smallest absolute Gasteiger partial charge is 0.139 e. The lowest BCUT2D eigenvalue weighted by Crippen LogP contribution is -2.09. The van der Waals surface area contributed by atoms with Crippen molar-refractivity contribution in [2.75, 3.05) is 0 Å². The van der Waals surface area contributed by atoms with Gasteiger partial charge in [-0.05, 0) is 81.6 Å². The maximum atomic E-state index is 5.03. The third-order valence-corrected chi connectivity index (χ3v) is 5.11. The van der Waals surface area contributed by atoms with Crippen molar-refractivity contribution in [3.8, 4) is 11.6 Å². The molecule has 3 aromatic heterocycles. The highest BCUT2D eigenvalue weighted by Gasteiger charge is 2.12. The Balaban J connectivity index is 1.89. The molecule has 0 N–H and O–H groups in total. The van der Waals surface area contributed by atoms with Crippen molar-refractivity contribution in [1.82, 2.24) is 14.1 Å². The predicted molar refractivity (Wildman–Crippen MR) is 111 cm³/mol. The van der Waals surface area contributed by atoms with Gasteiger partial charge in [-0.3, -0.25) is 0 Å². The predicted octanol–water partition coefficient (Wildman–Crippen LogP) is 5.49. The topological polar surface area (TPSA) is 22.8 Å². The SMILES string of the molecule is Cc1ccc(C)n1-c1cc(Cc2ccccc2)cc(-n2c(C)ccc2C)n1. The Hall–Kier alpha value is -3.07. The van der Waals surface area contributed by atoms with E-state index in [4.69, 9.17) is 4.98 Å². The fraction of sp³-hybridized carbons (Fsp3) is 0.208. The second kappa shape index (κ2) is 6.92. The van der Waals surface area contributed by atoms with Crippen LogP contribution in [0, 0.1) is 27.7 Å². The summed E-state index contributed by atoms with van der Waals surface area (Å²) in [5.41, 5.74) is 7.36. The molecule has 0 aliphatic heterocycles. The van der Waals surface area contributed by atoms with Gasteiger partial charge in [-0.2, -0.15) is 0 Å². The van der Waals surface area contributed by atoms with Gasteiger partial charge >= 0.3 is 0 Å². The van der Waals surface area contributed by atoms with E-state index in [0.29, 0.717) is 0 Å². The molecule has 3 heteroatoms. The number of nitrogens with zero attached hydrogens (tertiary/aromatic N) is 3. The first-order valence-electron chi connectivity index (χ1n) is 9.38. The van der Waals surface area contributed by atoms with E-state index < -0.39 is 0 Å². The molecule has 136 valence electrons. The Morgan fingerprint density at radius 1 is 0.593 bits per heavy atom. The molecule has 0 aliphatic rings. The van der Waals surface area contributed by atoms with Crippen LogP contribution in [0.25, 0.3) is 11.6 Å². The summed E-state index contributed by atoms with van der Waals surface area (Å²) in [4.78, 5) is 5.03. The molecule has 0 saturated heterocycles. The molecule has 3 nitrogen and oxygen atoms in total. The fourth-order valence-electron chi connectivity index (χ4n) is 3.78. The molecule has 4 rings (SSSR count). The molecular weight excluding hydrogens is 330 g/mol. The summed E-state index contributed by atoms with van der Waals surface area (Å²) in [6, 6.07) is 23.6. The van der Waals surface area contributed by atoms with Crippen LogP contribution < -0.4 is 0 Å². The van der Waals surface area contributed by atoms with E-state index >= 15 is 0 Å². The molecule has 4 aromatic rings. The van der Waals surface area contributed by atoms with Crippen LogP contribution in [0.5, 0.6) is 0 Å². The molecule has 0 radical (unpaired) electrons. The van der Waals surface area contributed by atoms with Crippen LogP contribution in [0.4, 0.5) is 0 Å². The van der Waals surface area contributed by atoms with Crippen molar-refractivity contribution in [1.29, 1.82) is 0 Å². The summed E-state index contributed by atoms with van der Waals surface area (Å²) in [7, 11) is 0. The van der Waals surface area contributed by atoms with Gasteiger partial charge in [0, 0.05) is 22.8 Å². The molecule has 0 bridgehead atoms. The van der Waals surface area contributed by atoms with Gasteiger partial charge in [0.25, 0.3) is 0 Å². The summed E-state index contributed by atoms with van der Waals surface area (Å²) in [5, 5.41) is 0. The highest BCUT2D eigenvalue weighted by Crippen LogP contribution is 2.22. The maximum absolute atomic E-state index is 5.03. The first-order valence-corrected chi connectivity index (χ1v) is 9.38. The van der Waals surface area contributed by atoms with Crippen LogP contribution in [0.3, 0.4) is 0 Å². The van der Waals surface area contributed by atoms with Crippen molar-refractivity contribution >= 4 is 0 Å². The fourth-order valence-corrected chi connectivity index (χ4v) is 3.78. The van der Waals surface area contributed by atoms with Gasteiger partial charge in [-0.15, -0.1) is 0 Å². The number of pyridine rings is 1. The van der Waals surface area contributed by atoms with Gasteiger partial charge < -0.3 is 9.13 Å². The molecule has 0 spiro atoms. The highest BCUT2D eigenvalue weighted by atomic mass is 15.1. The van der Waals surface area contributed by atoms with Gasteiger partial charge in [0.05, 0.1) is 0 Å². The zero-order valence-corrected chi connectivity index (χ0v) is 16.4. The van der Waals surface area contributed by atoms with E-state index in [0.717, 1.165) is 18.1 Å². The van der Waals surface area contributed by atoms with Crippen LogP contribution >= 0.6 is 0 Å². The summed E-state index contributed by atoms with van der Waals surface area (Å²) >= 11 is 0. The van der Waals surface area contributed by atoms with Gasteiger partial charge in [-0.25, -0.2) is 4.98 Å². The Morgan fingerprint density at radius 2 is 1.04 bits per heavy atom. The molecule has 0 aliphatic carbocycles. The van der Waals surface area contributed by atoms with Crippen molar-refractivity contribution in [3.05, 3.63) is 101 Å². The number of hydrogen-bond donors (Lipinski definition) is 0. The van der Waals surface area contributed by atoms with E-state index in [9.17, 15) is 0 Å². The second-order valence-corrected chi connectivity index (χ2v) is 7.26. The van der Waals surface area contributed by atoms with Crippen LogP contribution in [-0.4, -0.2) is 14.1 Å². The summed E-state index contributed by atoms with van der Waals surface area (Å²) in [6.45, 7) is 8.52. The number of rotatable bonds is 4. The minimum Gasteiger partial charge on any atom is -0.303 e. The van der Waals surface area contributed by atoms with Crippen LogP contribution in [0.1, 0.15) is 33.9 Å². The van der Waals surface area contributed by atoms with E-state index in [1.807, 2.05) is 0 Å². The number of hydrogen-bond acceptors (Lipinski definition) is 1. The van der Waals surface area contributed by atoms with Crippen LogP contribution in [0.2, 0.25) is 0 Å². The quantitative estimate of drug-likeness (QED) is 0.475. The highest BCUT2D eigenvalue weighted by molar-refractivity contribution is 5.44. The summed E-state index contributed by atoms with van der Waals surface area (Å²) < 4.78 is 4.46. The average Bonchev–Trinajstić information content (AvgIpc) is 3.16. The van der Waals surface area contributed by atoms with Crippen molar-refractivity contribution in [2.45, 2.75) is 34.1 Å². The van der Waals surface area contributed by atoms with E-state index in [-0.39, 0.29) is 0 Å². The molecule has 0 fully saturated rings. The number of aryl methyl sites for hydroxylation is 4. The molecule has 0 unspecified atom stereocenters. The second-order valence-electron chi connectivity index (χ2n) is 7.26. The van der Waals surface area contributed by atoms with Gasteiger partial charge in [0.15, 0.2) is 0 Å². The van der Waals surface area contributed by atoms with Crippen molar-refractivity contribution in [3.63, 3.8) is 0 Å². The van der Waals surface area contributed by atoms with E-state index in [2.05, 4.69) is 104 Å². The first kappa shape index (κ1) is 17.3. The lowest BCUT2D eigenvalue weighted by atomic mass is 10.1. The Morgan fingerprint density at radius 3 is 1.48 bits per heavy atom. The number of benzene rings is 1. The Bertz CT molecular complexity index is 981. The van der Waals surface area contributed by atoms with Gasteiger partial charge in [0.2, 0.25) is 0 Å². The molecule has 1 aromatic carbocycles.